The van der Waals surface area contributed by atoms with Gasteiger partial charge in [-0.2, -0.15) is 5.10 Å². The van der Waals surface area contributed by atoms with Crippen molar-refractivity contribution in [2.75, 3.05) is 6.67 Å². The molecule has 2 rings (SSSR count). The second kappa shape index (κ2) is 5.55. The molecule has 1 aromatic heterocycles. The number of hydrogen-bond acceptors (Lipinski definition) is 1. The van der Waals surface area contributed by atoms with Crippen molar-refractivity contribution in [3.8, 4) is 11.3 Å². The molecule has 0 saturated heterocycles. The lowest BCUT2D eigenvalue weighted by Crippen LogP contribution is -2.24. The Bertz CT molecular complexity index is 495. The molecule has 0 amide bonds. The number of nitrogens with zero attached hydrogens (tertiary/aromatic N) is 1. The Balaban J connectivity index is 2.11. The van der Waals surface area contributed by atoms with E-state index in [0.29, 0.717) is 0 Å². The minimum Gasteiger partial charge on any atom is -0.278 e. The van der Waals surface area contributed by atoms with Crippen molar-refractivity contribution in [1.29, 1.82) is 0 Å². The number of halogens is 1. The van der Waals surface area contributed by atoms with E-state index < -0.39 is 0 Å². The van der Waals surface area contributed by atoms with Crippen molar-refractivity contribution < 1.29 is 4.39 Å². The average Bonchev–Trinajstić information content (AvgIpc) is 2.89. The molecule has 1 heterocycles. The van der Waals surface area contributed by atoms with Gasteiger partial charge in [0.05, 0.1) is 12.4 Å². The van der Waals surface area contributed by atoms with E-state index in [-0.39, 0.29) is 18.0 Å². The summed E-state index contributed by atoms with van der Waals surface area (Å²) >= 11 is 0. The molecule has 0 fully saturated rings. The zero-order chi connectivity index (χ0) is 13.9. The molecule has 0 saturated carbocycles. The topological polar surface area (TPSA) is 28.7 Å². The van der Waals surface area contributed by atoms with Gasteiger partial charge in [0.2, 0.25) is 0 Å². The zero-order valence-corrected chi connectivity index (χ0v) is 11.8. The SMILES string of the molecule is CC(C)(C)C(CF)Cc1ccc(-c2ccn[nH]2)cc1. The van der Waals surface area contributed by atoms with Crippen molar-refractivity contribution >= 4 is 0 Å². The zero-order valence-electron chi connectivity index (χ0n) is 11.8. The first-order valence-electron chi connectivity index (χ1n) is 6.65. The van der Waals surface area contributed by atoms with Gasteiger partial charge in [0.25, 0.3) is 0 Å². The number of nitrogens with one attached hydrogen (secondary N) is 1. The van der Waals surface area contributed by atoms with E-state index in [1.165, 1.54) is 5.56 Å². The van der Waals surface area contributed by atoms with Crippen LogP contribution in [0.3, 0.4) is 0 Å². The molecule has 102 valence electrons. The summed E-state index contributed by atoms with van der Waals surface area (Å²) < 4.78 is 13.1. The number of rotatable bonds is 4. The second-order valence-electron chi connectivity index (χ2n) is 6.09. The van der Waals surface area contributed by atoms with Gasteiger partial charge in [-0.1, -0.05) is 45.0 Å². The van der Waals surface area contributed by atoms with Crippen LogP contribution in [-0.2, 0) is 6.42 Å². The largest absolute Gasteiger partial charge is 0.278 e. The number of hydrogen-bond donors (Lipinski definition) is 1. The van der Waals surface area contributed by atoms with Crippen LogP contribution in [-0.4, -0.2) is 16.9 Å². The lowest BCUT2D eigenvalue weighted by Gasteiger charge is -2.28. The first-order chi connectivity index (χ1) is 9.00. The van der Waals surface area contributed by atoms with Gasteiger partial charge in [-0.3, -0.25) is 9.49 Å². The van der Waals surface area contributed by atoms with Gasteiger partial charge in [0, 0.05) is 6.20 Å². The Morgan fingerprint density at radius 1 is 1.16 bits per heavy atom. The third-order valence-corrected chi connectivity index (χ3v) is 3.66. The van der Waals surface area contributed by atoms with Crippen molar-refractivity contribution in [3.05, 3.63) is 42.1 Å². The summed E-state index contributed by atoms with van der Waals surface area (Å²) in [5.41, 5.74) is 3.29. The Labute approximate surface area is 114 Å². The first-order valence-corrected chi connectivity index (χ1v) is 6.65. The summed E-state index contributed by atoms with van der Waals surface area (Å²) in [6.07, 6.45) is 2.52. The van der Waals surface area contributed by atoms with E-state index in [9.17, 15) is 4.39 Å². The molecule has 0 spiro atoms. The third kappa shape index (κ3) is 3.43. The van der Waals surface area contributed by atoms with E-state index >= 15 is 0 Å². The van der Waals surface area contributed by atoms with Crippen LogP contribution >= 0.6 is 0 Å². The summed E-state index contributed by atoms with van der Waals surface area (Å²) in [4.78, 5) is 0. The van der Waals surface area contributed by atoms with Crippen LogP contribution < -0.4 is 0 Å². The lowest BCUT2D eigenvalue weighted by molar-refractivity contribution is 0.190. The monoisotopic (exact) mass is 260 g/mol. The maximum atomic E-state index is 13.1. The van der Waals surface area contributed by atoms with E-state index in [1.54, 1.807) is 6.20 Å². The molecular weight excluding hydrogens is 239 g/mol. The average molecular weight is 260 g/mol. The van der Waals surface area contributed by atoms with Gasteiger partial charge in [0.1, 0.15) is 0 Å². The normalized spacial score (nSPS) is 13.5. The molecule has 0 radical (unpaired) electrons. The summed E-state index contributed by atoms with van der Waals surface area (Å²) in [5, 5.41) is 6.88. The molecule has 0 aliphatic carbocycles. The van der Waals surface area contributed by atoms with Gasteiger partial charge < -0.3 is 0 Å². The highest BCUT2D eigenvalue weighted by molar-refractivity contribution is 5.58. The third-order valence-electron chi connectivity index (χ3n) is 3.66. The molecule has 19 heavy (non-hydrogen) atoms. The van der Waals surface area contributed by atoms with Gasteiger partial charge in [-0.25, -0.2) is 0 Å². The fourth-order valence-electron chi connectivity index (χ4n) is 2.11. The quantitative estimate of drug-likeness (QED) is 0.874. The fourth-order valence-corrected chi connectivity index (χ4v) is 2.11. The molecule has 0 aliphatic rings. The van der Waals surface area contributed by atoms with E-state index in [1.807, 2.05) is 6.07 Å². The van der Waals surface area contributed by atoms with Crippen LogP contribution in [0.5, 0.6) is 0 Å². The highest BCUT2D eigenvalue weighted by atomic mass is 19.1. The van der Waals surface area contributed by atoms with Gasteiger partial charge in [0.15, 0.2) is 0 Å². The van der Waals surface area contributed by atoms with Crippen LogP contribution in [0.2, 0.25) is 0 Å². The molecule has 2 aromatic rings. The molecule has 2 nitrogen and oxygen atoms in total. The Morgan fingerprint density at radius 3 is 2.32 bits per heavy atom. The standard InChI is InChI=1S/C16H21FN2/c1-16(2,3)14(11-17)10-12-4-6-13(7-5-12)15-8-9-18-19-15/h4-9,14H,10-11H2,1-3H3,(H,18,19). The van der Waals surface area contributed by atoms with Gasteiger partial charge in [-0.05, 0) is 34.9 Å². The van der Waals surface area contributed by atoms with E-state index in [0.717, 1.165) is 17.7 Å². The molecule has 1 atom stereocenters. The number of alkyl halides is 1. The smallest absolute Gasteiger partial charge is 0.0930 e. The molecule has 3 heteroatoms. The summed E-state index contributed by atoms with van der Waals surface area (Å²) in [5.74, 6) is 0.0607. The number of benzene rings is 1. The first kappa shape index (κ1) is 13.8. The van der Waals surface area contributed by atoms with Crippen molar-refractivity contribution in [3.63, 3.8) is 0 Å². The summed E-state index contributed by atoms with van der Waals surface area (Å²) in [6.45, 7) is 6.01. The molecular formula is C16H21FN2. The maximum Gasteiger partial charge on any atom is 0.0930 e. The second-order valence-corrected chi connectivity index (χ2v) is 6.09. The van der Waals surface area contributed by atoms with Crippen LogP contribution in [0.1, 0.15) is 26.3 Å². The van der Waals surface area contributed by atoms with Crippen molar-refractivity contribution in [2.24, 2.45) is 11.3 Å². The van der Waals surface area contributed by atoms with Crippen molar-refractivity contribution in [2.45, 2.75) is 27.2 Å². The predicted octanol–water partition coefficient (Wildman–Crippen LogP) is 4.25. The van der Waals surface area contributed by atoms with Crippen LogP contribution in [0.25, 0.3) is 11.3 Å². The molecule has 1 unspecified atom stereocenters. The Kier molecular flexibility index (Phi) is 4.03. The molecule has 0 aliphatic heterocycles. The molecule has 1 N–H and O–H groups in total. The molecule has 0 bridgehead atoms. The minimum absolute atomic E-state index is 0.00318. The number of H-pyrrole nitrogens is 1. The fraction of sp³-hybridized carbons (Fsp3) is 0.438. The summed E-state index contributed by atoms with van der Waals surface area (Å²) in [7, 11) is 0. The Morgan fingerprint density at radius 2 is 1.84 bits per heavy atom. The van der Waals surface area contributed by atoms with E-state index in [2.05, 4.69) is 55.2 Å². The minimum atomic E-state index is -0.272. The molecule has 1 aromatic carbocycles. The van der Waals surface area contributed by atoms with Crippen LogP contribution in [0, 0.1) is 11.3 Å². The van der Waals surface area contributed by atoms with Crippen LogP contribution in [0.15, 0.2) is 36.5 Å². The van der Waals surface area contributed by atoms with Crippen LogP contribution in [0.4, 0.5) is 4.39 Å². The number of aromatic nitrogens is 2. The van der Waals surface area contributed by atoms with Crippen molar-refractivity contribution in [1.82, 2.24) is 10.2 Å². The highest BCUT2D eigenvalue weighted by Crippen LogP contribution is 2.30. The maximum absolute atomic E-state index is 13.1. The van der Waals surface area contributed by atoms with Gasteiger partial charge in [-0.15, -0.1) is 0 Å². The van der Waals surface area contributed by atoms with E-state index in [4.69, 9.17) is 0 Å². The lowest BCUT2D eigenvalue weighted by atomic mass is 9.78. The summed E-state index contributed by atoms with van der Waals surface area (Å²) in [6, 6.07) is 10.2. The van der Waals surface area contributed by atoms with Gasteiger partial charge >= 0.3 is 0 Å². The Hall–Kier alpha value is -1.64. The predicted molar refractivity (Wildman–Crippen MR) is 76.6 cm³/mol. The number of aromatic amines is 1. The highest BCUT2D eigenvalue weighted by Gasteiger charge is 2.24.